The van der Waals surface area contributed by atoms with E-state index in [1.165, 1.54) is 24.3 Å². The van der Waals surface area contributed by atoms with E-state index in [-0.39, 0.29) is 30.5 Å². The standard InChI is InChI=1S/C17H21NO7S/c1-2-24-17(21)13-3-5-14(6-4-13)18-15(19)10-25-16(20)9-12-7-8-26(22,23)11-12/h3-6,12H,2,7-11H2,1H3,(H,18,19)/t12-/m1/s1. The fourth-order valence-corrected chi connectivity index (χ4v) is 4.44. The lowest BCUT2D eigenvalue weighted by molar-refractivity contribution is -0.148. The zero-order chi connectivity index (χ0) is 19.2. The number of ether oxygens (including phenoxy) is 2. The van der Waals surface area contributed by atoms with Gasteiger partial charge in [-0.15, -0.1) is 0 Å². The number of rotatable bonds is 7. The van der Waals surface area contributed by atoms with Gasteiger partial charge in [0.1, 0.15) is 0 Å². The smallest absolute Gasteiger partial charge is 0.338 e. The molecule has 1 amide bonds. The van der Waals surface area contributed by atoms with E-state index in [2.05, 4.69) is 5.32 Å². The second kappa shape index (κ2) is 8.79. The molecule has 1 saturated heterocycles. The number of carbonyl (C=O) groups excluding carboxylic acids is 3. The normalized spacial score (nSPS) is 18.1. The number of benzene rings is 1. The fraction of sp³-hybridized carbons (Fsp3) is 0.471. The number of sulfone groups is 1. The highest BCUT2D eigenvalue weighted by Gasteiger charge is 2.29. The van der Waals surface area contributed by atoms with Crippen molar-refractivity contribution in [2.24, 2.45) is 5.92 Å². The zero-order valence-corrected chi connectivity index (χ0v) is 15.2. The molecule has 0 spiro atoms. The molecule has 0 radical (unpaired) electrons. The number of nitrogens with one attached hydrogen (secondary N) is 1. The summed E-state index contributed by atoms with van der Waals surface area (Å²) in [5, 5.41) is 2.54. The summed E-state index contributed by atoms with van der Waals surface area (Å²) >= 11 is 0. The summed E-state index contributed by atoms with van der Waals surface area (Å²) in [5.74, 6) is -1.74. The van der Waals surface area contributed by atoms with E-state index >= 15 is 0 Å². The molecule has 1 heterocycles. The minimum absolute atomic E-state index is 0.0128. The van der Waals surface area contributed by atoms with Gasteiger partial charge < -0.3 is 14.8 Å². The maximum atomic E-state index is 11.8. The van der Waals surface area contributed by atoms with Crippen molar-refractivity contribution in [1.82, 2.24) is 0 Å². The van der Waals surface area contributed by atoms with Crippen LogP contribution in [0.25, 0.3) is 0 Å². The molecule has 26 heavy (non-hydrogen) atoms. The first-order valence-corrected chi connectivity index (χ1v) is 10.0. The van der Waals surface area contributed by atoms with Gasteiger partial charge in [-0.3, -0.25) is 9.59 Å². The van der Waals surface area contributed by atoms with Gasteiger partial charge in [0.25, 0.3) is 5.91 Å². The van der Waals surface area contributed by atoms with Gasteiger partial charge in [0.2, 0.25) is 0 Å². The Hall–Kier alpha value is -2.42. The molecule has 2 rings (SSSR count). The fourth-order valence-electron chi connectivity index (χ4n) is 2.57. The zero-order valence-electron chi connectivity index (χ0n) is 14.4. The van der Waals surface area contributed by atoms with Gasteiger partial charge in [-0.05, 0) is 43.5 Å². The third-order valence-electron chi connectivity index (χ3n) is 3.83. The molecule has 1 aliphatic rings. The number of amides is 1. The Labute approximate surface area is 151 Å². The third kappa shape index (κ3) is 6.14. The van der Waals surface area contributed by atoms with Crippen LogP contribution in [0.5, 0.6) is 0 Å². The second-order valence-electron chi connectivity index (χ2n) is 5.98. The monoisotopic (exact) mass is 383 g/mol. The topological polar surface area (TPSA) is 116 Å². The lowest BCUT2D eigenvalue weighted by Crippen LogP contribution is -2.22. The molecule has 0 unspecified atom stereocenters. The highest BCUT2D eigenvalue weighted by molar-refractivity contribution is 7.91. The number of carbonyl (C=O) groups is 3. The average molecular weight is 383 g/mol. The lowest BCUT2D eigenvalue weighted by Gasteiger charge is -2.09. The maximum Gasteiger partial charge on any atom is 0.338 e. The summed E-state index contributed by atoms with van der Waals surface area (Å²) in [4.78, 5) is 35.0. The van der Waals surface area contributed by atoms with Gasteiger partial charge in [-0.1, -0.05) is 0 Å². The summed E-state index contributed by atoms with van der Waals surface area (Å²) in [6, 6.07) is 6.10. The molecule has 1 aliphatic heterocycles. The van der Waals surface area contributed by atoms with Gasteiger partial charge in [0.05, 0.1) is 23.7 Å². The first-order chi connectivity index (χ1) is 12.3. The number of anilines is 1. The molecule has 1 aromatic rings. The van der Waals surface area contributed by atoms with Crippen molar-refractivity contribution in [3.8, 4) is 0 Å². The molecule has 1 aromatic carbocycles. The average Bonchev–Trinajstić information content (AvgIpc) is 2.92. The lowest BCUT2D eigenvalue weighted by atomic mass is 10.1. The summed E-state index contributed by atoms with van der Waals surface area (Å²) in [5.41, 5.74) is 0.809. The van der Waals surface area contributed by atoms with E-state index in [4.69, 9.17) is 9.47 Å². The van der Waals surface area contributed by atoms with Crippen LogP contribution in [0.4, 0.5) is 5.69 Å². The van der Waals surface area contributed by atoms with Crippen LogP contribution in [0.1, 0.15) is 30.1 Å². The highest BCUT2D eigenvalue weighted by atomic mass is 32.2. The van der Waals surface area contributed by atoms with Crippen LogP contribution in [0.2, 0.25) is 0 Å². The van der Waals surface area contributed by atoms with Gasteiger partial charge in [0, 0.05) is 12.1 Å². The van der Waals surface area contributed by atoms with Crippen molar-refractivity contribution in [3.05, 3.63) is 29.8 Å². The summed E-state index contributed by atoms with van der Waals surface area (Å²) in [6.07, 6.45) is 0.428. The van der Waals surface area contributed by atoms with Crippen molar-refractivity contribution < 1.29 is 32.3 Å². The molecule has 0 bridgehead atoms. The molecule has 0 saturated carbocycles. The van der Waals surface area contributed by atoms with Crippen molar-refractivity contribution >= 4 is 33.4 Å². The van der Waals surface area contributed by atoms with Crippen LogP contribution in [0, 0.1) is 5.92 Å². The van der Waals surface area contributed by atoms with Crippen LogP contribution < -0.4 is 5.32 Å². The molecular weight excluding hydrogens is 362 g/mol. The Bertz CT molecular complexity index is 771. The van der Waals surface area contributed by atoms with Crippen molar-refractivity contribution in [2.75, 3.05) is 30.0 Å². The van der Waals surface area contributed by atoms with Crippen LogP contribution >= 0.6 is 0 Å². The largest absolute Gasteiger partial charge is 0.462 e. The number of esters is 2. The first-order valence-electron chi connectivity index (χ1n) is 8.22. The quantitative estimate of drug-likeness (QED) is 0.703. The van der Waals surface area contributed by atoms with E-state index in [1.807, 2.05) is 0 Å². The molecule has 1 fully saturated rings. The SMILES string of the molecule is CCOC(=O)c1ccc(NC(=O)COC(=O)C[C@H]2CCS(=O)(=O)C2)cc1. The predicted molar refractivity (Wildman–Crippen MR) is 93.4 cm³/mol. The van der Waals surface area contributed by atoms with Crippen LogP contribution in [-0.4, -0.2) is 51.0 Å². The molecule has 0 aromatic heterocycles. The van der Waals surface area contributed by atoms with Crippen molar-refractivity contribution in [3.63, 3.8) is 0 Å². The van der Waals surface area contributed by atoms with E-state index in [0.29, 0.717) is 17.7 Å². The molecule has 9 heteroatoms. The predicted octanol–water partition coefficient (Wildman–Crippen LogP) is 1.17. The maximum absolute atomic E-state index is 11.8. The van der Waals surface area contributed by atoms with E-state index in [1.54, 1.807) is 6.92 Å². The Balaban J connectivity index is 1.74. The van der Waals surface area contributed by atoms with E-state index in [9.17, 15) is 22.8 Å². The van der Waals surface area contributed by atoms with Crippen LogP contribution in [-0.2, 0) is 28.9 Å². The van der Waals surface area contributed by atoms with Gasteiger partial charge in [-0.25, -0.2) is 13.2 Å². The Morgan fingerprint density at radius 2 is 1.85 bits per heavy atom. The van der Waals surface area contributed by atoms with E-state index < -0.39 is 34.3 Å². The van der Waals surface area contributed by atoms with E-state index in [0.717, 1.165) is 0 Å². The summed E-state index contributed by atoms with van der Waals surface area (Å²) < 4.78 is 32.4. The van der Waals surface area contributed by atoms with Crippen LogP contribution in [0.15, 0.2) is 24.3 Å². The Morgan fingerprint density at radius 3 is 2.42 bits per heavy atom. The minimum Gasteiger partial charge on any atom is -0.462 e. The second-order valence-corrected chi connectivity index (χ2v) is 8.21. The molecule has 1 atom stereocenters. The van der Waals surface area contributed by atoms with Gasteiger partial charge in [-0.2, -0.15) is 0 Å². The van der Waals surface area contributed by atoms with Crippen molar-refractivity contribution in [1.29, 1.82) is 0 Å². The minimum atomic E-state index is -3.05. The summed E-state index contributed by atoms with van der Waals surface area (Å²) in [6.45, 7) is 1.52. The Morgan fingerprint density at radius 1 is 1.15 bits per heavy atom. The Kier molecular flexibility index (Phi) is 6.73. The first kappa shape index (κ1) is 19.9. The molecule has 1 N–H and O–H groups in total. The molecule has 8 nitrogen and oxygen atoms in total. The summed E-state index contributed by atoms with van der Waals surface area (Å²) in [7, 11) is -3.05. The van der Waals surface area contributed by atoms with Gasteiger partial charge >= 0.3 is 11.9 Å². The number of hydrogen-bond acceptors (Lipinski definition) is 7. The number of hydrogen-bond donors (Lipinski definition) is 1. The van der Waals surface area contributed by atoms with Crippen molar-refractivity contribution in [2.45, 2.75) is 19.8 Å². The van der Waals surface area contributed by atoms with Crippen LogP contribution in [0.3, 0.4) is 0 Å². The molecule has 0 aliphatic carbocycles. The third-order valence-corrected chi connectivity index (χ3v) is 5.66. The highest BCUT2D eigenvalue weighted by Crippen LogP contribution is 2.21. The molecule has 142 valence electrons. The molecular formula is C17H21NO7S. The van der Waals surface area contributed by atoms with Gasteiger partial charge in [0.15, 0.2) is 16.4 Å².